The van der Waals surface area contributed by atoms with Gasteiger partial charge < -0.3 is 9.47 Å². The Morgan fingerprint density at radius 1 is 0.625 bits per heavy atom. The van der Waals surface area contributed by atoms with E-state index in [2.05, 4.69) is 10.9 Å². The molecule has 0 unspecified atom stereocenters. The number of carbonyl (C=O) groups is 4. The van der Waals surface area contributed by atoms with Crippen LogP contribution in [0.3, 0.4) is 0 Å². The number of nitrogens with one attached hydrogen (secondary N) is 2. The number of hydrogen-bond donors (Lipinski definition) is 2. The van der Waals surface area contributed by atoms with E-state index >= 15 is 0 Å². The van der Waals surface area contributed by atoms with Gasteiger partial charge in [-0.15, -0.1) is 0 Å². The van der Waals surface area contributed by atoms with Gasteiger partial charge in [0, 0.05) is 25.7 Å². The van der Waals surface area contributed by atoms with E-state index in [1.54, 1.807) is 13.8 Å². The zero-order chi connectivity index (χ0) is 18.2. The van der Waals surface area contributed by atoms with E-state index in [9.17, 15) is 19.2 Å². The van der Waals surface area contributed by atoms with Gasteiger partial charge in [0.2, 0.25) is 11.8 Å². The van der Waals surface area contributed by atoms with Crippen molar-refractivity contribution in [2.75, 3.05) is 13.2 Å². The molecule has 0 spiro atoms. The highest BCUT2D eigenvalue weighted by molar-refractivity contribution is 5.81. The first-order valence-corrected chi connectivity index (χ1v) is 8.38. The highest BCUT2D eigenvalue weighted by atomic mass is 16.5. The third kappa shape index (κ3) is 13.5. The first kappa shape index (κ1) is 21.9. The van der Waals surface area contributed by atoms with Gasteiger partial charge in [-0.05, 0) is 39.5 Å². The second kappa shape index (κ2) is 14.5. The predicted molar refractivity (Wildman–Crippen MR) is 86.5 cm³/mol. The molecule has 0 atom stereocenters. The van der Waals surface area contributed by atoms with Gasteiger partial charge in [-0.25, -0.2) is 0 Å². The highest BCUT2D eigenvalue weighted by Crippen LogP contribution is 2.02. The Balaban J connectivity index is 3.56. The molecule has 0 heterocycles. The molecule has 0 saturated carbocycles. The standard InChI is InChI=1S/C16H28N2O6/c1-3-23-15(21)11-7-5-9-13(19)17-18-14(20)10-6-8-12-16(22)24-4-2/h3-12H2,1-2H3,(H,17,19)(H,18,20). The molecule has 0 aromatic heterocycles. The SMILES string of the molecule is CCOC(=O)CCCCC(=O)NNC(=O)CCCCC(=O)OCC. The molecule has 0 radical (unpaired) electrons. The molecule has 8 heteroatoms. The maximum Gasteiger partial charge on any atom is 0.305 e. The second-order valence-corrected chi connectivity index (χ2v) is 5.12. The zero-order valence-corrected chi connectivity index (χ0v) is 14.5. The van der Waals surface area contributed by atoms with Gasteiger partial charge in [-0.1, -0.05) is 0 Å². The fourth-order valence-electron chi connectivity index (χ4n) is 1.84. The van der Waals surface area contributed by atoms with Crippen LogP contribution >= 0.6 is 0 Å². The Morgan fingerprint density at radius 2 is 0.958 bits per heavy atom. The lowest BCUT2D eigenvalue weighted by Gasteiger charge is -2.07. The lowest BCUT2D eigenvalue weighted by atomic mass is 10.2. The van der Waals surface area contributed by atoms with E-state index in [0.29, 0.717) is 38.9 Å². The van der Waals surface area contributed by atoms with Crippen LogP contribution in [0.5, 0.6) is 0 Å². The van der Waals surface area contributed by atoms with Crippen LogP contribution in [0.15, 0.2) is 0 Å². The van der Waals surface area contributed by atoms with Crippen LogP contribution in [0, 0.1) is 0 Å². The molecular formula is C16H28N2O6. The molecule has 0 aromatic rings. The Morgan fingerprint density at radius 3 is 1.29 bits per heavy atom. The molecule has 0 saturated heterocycles. The fourth-order valence-corrected chi connectivity index (χ4v) is 1.84. The molecular weight excluding hydrogens is 316 g/mol. The number of esters is 2. The summed E-state index contributed by atoms with van der Waals surface area (Å²) in [4.78, 5) is 45.2. The second-order valence-electron chi connectivity index (χ2n) is 5.12. The van der Waals surface area contributed by atoms with Gasteiger partial charge >= 0.3 is 11.9 Å². The molecule has 0 fully saturated rings. The molecule has 138 valence electrons. The number of amides is 2. The summed E-state index contributed by atoms with van der Waals surface area (Å²) in [5.41, 5.74) is 4.64. The van der Waals surface area contributed by atoms with Crippen molar-refractivity contribution in [1.82, 2.24) is 10.9 Å². The van der Waals surface area contributed by atoms with E-state index in [1.165, 1.54) is 0 Å². The first-order valence-electron chi connectivity index (χ1n) is 8.38. The monoisotopic (exact) mass is 344 g/mol. The number of ether oxygens (including phenoxy) is 2. The topological polar surface area (TPSA) is 111 Å². The lowest BCUT2D eigenvalue weighted by Crippen LogP contribution is -2.41. The van der Waals surface area contributed by atoms with Crippen LogP contribution in [0.1, 0.15) is 65.2 Å². The van der Waals surface area contributed by atoms with Gasteiger partial charge in [0.25, 0.3) is 0 Å². The minimum Gasteiger partial charge on any atom is -0.466 e. The van der Waals surface area contributed by atoms with Crippen LogP contribution in [-0.4, -0.2) is 37.0 Å². The van der Waals surface area contributed by atoms with Crippen molar-refractivity contribution >= 4 is 23.8 Å². The van der Waals surface area contributed by atoms with Crippen molar-refractivity contribution in [2.24, 2.45) is 0 Å². The molecule has 0 aliphatic rings. The summed E-state index contributed by atoms with van der Waals surface area (Å²) < 4.78 is 9.55. The lowest BCUT2D eigenvalue weighted by molar-refractivity contribution is -0.144. The van der Waals surface area contributed by atoms with Crippen LogP contribution < -0.4 is 10.9 Å². The minimum atomic E-state index is -0.307. The summed E-state index contributed by atoms with van der Waals surface area (Å²) in [6.07, 6.45) is 3.23. The largest absolute Gasteiger partial charge is 0.466 e. The van der Waals surface area contributed by atoms with Crippen molar-refractivity contribution in [3.05, 3.63) is 0 Å². The number of rotatable bonds is 12. The van der Waals surface area contributed by atoms with E-state index in [-0.39, 0.29) is 49.4 Å². The number of carbonyl (C=O) groups excluding carboxylic acids is 4. The molecule has 2 N–H and O–H groups in total. The predicted octanol–water partition coefficient (Wildman–Crippen LogP) is 1.38. The summed E-state index contributed by atoms with van der Waals surface area (Å²) in [7, 11) is 0. The van der Waals surface area contributed by atoms with Crippen LogP contribution in [0.4, 0.5) is 0 Å². The maximum atomic E-state index is 11.5. The fraction of sp³-hybridized carbons (Fsp3) is 0.750. The zero-order valence-electron chi connectivity index (χ0n) is 14.5. The highest BCUT2D eigenvalue weighted by Gasteiger charge is 2.07. The van der Waals surface area contributed by atoms with Crippen molar-refractivity contribution in [2.45, 2.75) is 65.2 Å². The molecule has 0 rings (SSSR count). The van der Waals surface area contributed by atoms with E-state index in [0.717, 1.165) is 0 Å². The summed E-state index contributed by atoms with van der Waals surface area (Å²) >= 11 is 0. The minimum absolute atomic E-state index is 0.225. The van der Waals surface area contributed by atoms with E-state index in [4.69, 9.17) is 9.47 Å². The van der Waals surface area contributed by atoms with Crippen LogP contribution in [-0.2, 0) is 28.7 Å². The Hall–Kier alpha value is -2.12. The average Bonchev–Trinajstić information content (AvgIpc) is 2.54. The molecule has 0 aliphatic heterocycles. The number of unbranched alkanes of at least 4 members (excludes halogenated alkanes) is 2. The molecule has 0 bridgehead atoms. The van der Waals surface area contributed by atoms with Crippen LogP contribution in [0.2, 0.25) is 0 Å². The average molecular weight is 344 g/mol. The van der Waals surface area contributed by atoms with Gasteiger partial charge in [-0.3, -0.25) is 30.0 Å². The quantitative estimate of drug-likeness (QED) is 0.314. The first-order chi connectivity index (χ1) is 11.5. The normalized spacial score (nSPS) is 9.92. The molecule has 24 heavy (non-hydrogen) atoms. The summed E-state index contributed by atoms with van der Waals surface area (Å²) in [6, 6.07) is 0. The van der Waals surface area contributed by atoms with Gasteiger partial charge in [-0.2, -0.15) is 0 Å². The van der Waals surface area contributed by atoms with Crippen molar-refractivity contribution in [1.29, 1.82) is 0 Å². The smallest absolute Gasteiger partial charge is 0.305 e. The van der Waals surface area contributed by atoms with E-state index < -0.39 is 0 Å². The third-order valence-corrected chi connectivity index (χ3v) is 3.02. The number of hydrazine groups is 1. The summed E-state index contributed by atoms with van der Waals surface area (Å²) in [6.45, 7) is 4.19. The Bertz CT molecular complexity index is 373. The Kier molecular flexibility index (Phi) is 13.2. The van der Waals surface area contributed by atoms with Gasteiger partial charge in [0.05, 0.1) is 13.2 Å². The molecule has 8 nitrogen and oxygen atoms in total. The summed E-state index contributed by atoms with van der Waals surface area (Å²) in [5.74, 6) is -1.15. The molecule has 0 aliphatic carbocycles. The van der Waals surface area contributed by atoms with Crippen molar-refractivity contribution in [3.63, 3.8) is 0 Å². The third-order valence-electron chi connectivity index (χ3n) is 3.02. The maximum absolute atomic E-state index is 11.5. The van der Waals surface area contributed by atoms with Gasteiger partial charge in [0.15, 0.2) is 0 Å². The molecule has 0 aromatic carbocycles. The molecule has 2 amide bonds. The number of hydrogen-bond acceptors (Lipinski definition) is 6. The van der Waals surface area contributed by atoms with Gasteiger partial charge in [0.1, 0.15) is 0 Å². The Labute approximate surface area is 142 Å². The van der Waals surface area contributed by atoms with Crippen molar-refractivity contribution in [3.8, 4) is 0 Å². The van der Waals surface area contributed by atoms with Crippen LogP contribution in [0.25, 0.3) is 0 Å². The van der Waals surface area contributed by atoms with Crippen molar-refractivity contribution < 1.29 is 28.7 Å². The van der Waals surface area contributed by atoms with E-state index in [1.807, 2.05) is 0 Å². The summed E-state index contributed by atoms with van der Waals surface area (Å²) in [5, 5.41) is 0.